The summed E-state index contributed by atoms with van der Waals surface area (Å²) in [5.41, 5.74) is 7.31. The summed E-state index contributed by atoms with van der Waals surface area (Å²) in [5.74, 6) is 0. The first kappa shape index (κ1) is 9.71. The van der Waals surface area contributed by atoms with Crippen molar-refractivity contribution in [3.63, 3.8) is 0 Å². The van der Waals surface area contributed by atoms with Gasteiger partial charge < -0.3 is 10.8 Å². The van der Waals surface area contributed by atoms with Gasteiger partial charge in [0.05, 0.1) is 6.10 Å². The van der Waals surface area contributed by atoms with Crippen LogP contribution >= 0.6 is 15.9 Å². The Morgan fingerprint density at radius 1 is 1.58 bits per heavy atom. The van der Waals surface area contributed by atoms with Crippen molar-refractivity contribution in [2.75, 3.05) is 6.54 Å². The lowest BCUT2D eigenvalue weighted by atomic mass is 10.1. The third kappa shape index (κ3) is 2.06. The zero-order chi connectivity index (χ0) is 9.14. The molecular formula is C9H12BrNO. The van der Waals surface area contributed by atoms with Crippen LogP contribution in [0, 0.1) is 6.92 Å². The van der Waals surface area contributed by atoms with Gasteiger partial charge in [0, 0.05) is 11.0 Å². The maximum absolute atomic E-state index is 9.40. The average Bonchev–Trinajstić information content (AvgIpc) is 2.08. The van der Waals surface area contributed by atoms with Crippen molar-refractivity contribution < 1.29 is 5.11 Å². The highest BCUT2D eigenvalue weighted by molar-refractivity contribution is 9.10. The van der Waals surface area contributed by atoms with Gasteiger partial charge in [-0.3, -0.25) is 0 Å². The van der Waals surface area contributed by atoms with E-state index in [0.717, 1.165) is 15.6 Å². The van der Waals surface area contributed by atoms with Crippen molar-refractivity contribution in [3.05, 3.63) is 33.8 Å². The molecule has 1 aromatic carbocycles. The number of halogens is 1. The predicted octanol–water partition coefficient (Wildman–Crippen LogP) is 1.75. The molecule has 0 radical (unpaired) electrons. The van der Waals surface area contributed by atoms with Crippen molar-refractivity contribution >= 4 is 15.9 Å². The fraction of sp³-hybridized carbons (Fsp3) is 0.333. The van der Waals surface area contributed by atoms with E-state index in [9.17, 15) is 5.11 Å². The quantitative estimate of drug-likeness (QED) is 0.812. The van der Waals surface area contributed by atoms with Crippen LogP contribution in [0.5, 0.6) is 0 Å². The number of rotatable bonds is 2. The number of hydrogen-bond acceptors (Lipinski definition) is 2. The molecule has 3 heteroatoms. The largest absolute Gasteiger partial charge is 0.387 e. The molecule has 1 rings (SSSR count). The summed E-state index contributed by atoms with van der Waals surface area (Å²) < 4.78 is 1.05. The van der Waals surface area contributed by atoms with Gasteiger partial charge >= 0.3 is 0 Å². The van der Waals surface area contributed by atoms with Gasteiger partial charge in [0.2, 0.25) is 0 Å². The van der Waals surface area contributed by atoms with Crippen LogP contribution in [0.15, 0.2) is 22.7 Å². The Morgan fingerprint density at radius 3 is 2.75 bits per heavy atom. The first-order valence-electron chi connectivity index (χ1n) is 3.79. The summed E-state index contributed by atoms with van der Waals surface area (Å²) in [4.78, 5) is 0. The summed E-state index contributed by atoms with van der Waals surface area (Å²) in [6.07, 6.45) is -0.545. The molecule has 0 amide bonds. The first-order valence-corrected chi connectivity index (χ1v) is 4.58. The first-order chi connectivity index (χ1) is 5.65. The maximum atomic E-state index is 9.40. The Hall–Kier alpha value is -0.380. The van der Waals surface area contributed by atoms with Gasteiger partial charge in [0.25, 0.3) is 0 Å². The van der Waals surface area contributed by atoms with E-state index in [1.165, 1.54) is 0 Å². The predicted molar refractivity (Wildman–Crippen MR) is 52.9 cm³/mol. The van der Waals surface area contributed by atoms with Gasteiger partial charge in [-0.1, -0.05) is 28.1 Å². The van der Waals surface area contributed by atoms with Crippen LogP contribution in [0.1, 0.15) is 17.2 Å². The molecule has 0 fully saturated rings. The van der Waals surface area contributed by atoms with E-state index in [2.05, 4.69) is 15.9 Å². The van der Waals surface area contributed by atoms with E-state index in [1.807, 2.05) is 25.1 Å². The Bertz CT molecular complexity index is 275. The third-order valence-electron chi connectivity index (χ3n) is 1.79. The second-order valence-corrected chi connectivity index (χ2v) is 3.61. The van der Waals surface area contributed by atoms with Crippen LogP contribution < -0.4 is 5.73 Å². The molecule has 3 N–H and O–H groups in total. The second kappa shape index (κ2) is 4.03. The molecule has 0 aliphatic rings. The summed E-state index contributed by atoms with van der Waals surface area (Å²) >= 11 is 3.39. The van der Waals surface area contributed by atoms with E-state index in [-0.39, 0.29) is 6.54 Å². The number of hydrogen-bond donors (Lipinski definition) is 2. The van der Waals surface area contributed by atoms with Crippen LogP contribution in [-0.2, 0) is 0 Å². The van der Waals surface area contributed by atoms with Crippen molar-refractivity contribution in [1.29, 1.82) is 0 Å². The standard InChI is InChI=1S/C9H12BrNO/c1-6-4-7(9(12)5-11)2-3-8(6)10/h2-4,9,12H,5,11H2,1H3/t9-/m1/s1. The van der Waals surface area contributed by atoms with Crippen LogP contribution in [0.2, 0.25) is 0 Å². The molecular weight excluding hydrogens is 218 g/mol. The topological polar surface area (TPSA) is 46.2 Å². The Morgan fingerprint density at radius 2 is 2.25 bits per heavy atom. The molecule has 1 atom stereocenters. The second-order valence-electron chi connectivity index (χ2n) is 2.76. The molecule has 0 saturated heterocycles. The smallest absolute Gasteiger partial charge is 0.0912 e. The zero-order valence-corrected chi connectivity index (χ0v) is 8.51. The summed E-state index contributed by atoms with van der Waals surface area (Å²) in [6, 6.07) is 5.72. The Kier molecular flexibility index (Phi) is 3.26. The van der Waals surface area contributed by atoms with Gasteiger partial charge in [-0.2, -0.15) is 0 Å². The Labute approximate surface area is 80.5 Å². The average molecular weight is 230 g/mol. The maximum Gasteiger partial charge on any atom is 0.0912 e. The molecule has 0 aromatic heterocycles. The van der Waals surface area contributed by atoms with Crippen molar-refractivity contribution in [3.8, 4) is 0 Å². The van der Waals surface area contributed by atoms with Gasteiger partial charge in [0.1, 0.15) is 0 Å². The van der Waals surface area contributed by atoms with Crippen LogP contribution in [0.3, 0.4) is 0 Å². The molecule has 12 heavy (non-hydrogen) atoms. The van der Waals surface area contributed by atoms with E-state index in [1.54, 1.807) is 0 Å². The van der Waals surface area contributed by atoms with Crippen LogP contribution in [0.25, 0.3) is 0 Å². The SMILES string of the molecule is Cc1cc([C@H](O)CN)ccc1Br. The van der Waals surface area contributed by atoms with E-state index < -0.39 is 6.10 Å². The molecule has 0 aliphatic heterocycles. The van der Waals surface area contributed by atoms with Gasteiger partial charge in [0.15, 0.2) is 0 Å². The number of aliphatic hydroxyl groups is 1. The molecule has 0 aliphatic carbocycles. The zero-order valence-electron chi connectivity index (χ0n) is 6.92. The highest BCUT2D eigenvalue weighted by Gasteiger charge is 2.05. The number of benzene rings is 1. The minimum absolute atomic E-state index is 0.265. The molecule has 1 aromatic rings. The van der Waals surface area contributed by atoms with E-state index in [4.69, 9.17) is 5.73 Å². The molecule has 0 spiro atoms. The molecule has 66 valence electrons. The highest BCUT2D eigenvalue weighted by atomic mass is 79.9. The molecule has 0 saturated carbocycles. The number of aliphatic hydroxyl groups excluding tert-OH is 1. The van der Waals surface area contributed by atoms with Crippen LogP contribution in [-0.4, -0.2) is 11.7 Å². The highest BCUT2D eigenvalue weighted by Crippen LogP contribution is 2.20. The summed E-state index contributed by atoms with van der Waals surface area (Å²) in [5, 5.41) is 9.40. The van der Waals surface area contributed by atoms with Crippen molar-refractivity contribution in [2.24, 2.45) is 5.73 Å². The Balaban J connectivity index is 2.96. The van der Waals surface area contributed by atoms with Gasteiger partial charge in [-0.15, -0.1) is 0 Å². The summed E-state index contributed by atoms with van der Waals surface area (Å²) in [6.45, 7) is 2.25. The third-order valence-corrected chi connectivity index (χ3v) is 2.68. The minimum atomic E-state index is -0.545. The minimum Gasteiger partial charge on any atom is -0.387 e. The van der Waals surface area contributed by atoms with Gasteiger partial charge in [-0.05, 0) is 24.1 Å². The molecule has 2 nitrogen and oxygen atoms in total. The van der Waals surface area contributed by atoms with E-state index >= 15 is 0 Å². The molecule has 0 unspecified atom stereocenters. The van der Waals surface area contributed by atoms with E-state index in [0.29, 0.717) is 0 Å². The van der Waals surface area contributed by atoms with Gasteiger partial charge in [-0.25, -0.2) is 0 Å². The lowest BCUT2D eigenvalue weighted by molar-refractivity contribution is 0.186. The number of nitrogens with two attached hydrogens (primary N) is 1. The van der Waals surface area contributed by atoms with Crippen molar-refractivity contribution in [2.45, 2.75) is 13.0 Å². The van der Waals surface area contributed by atoms with Crippen LogP contribution in [0.4, 0.5) is 0 Å². The lowest BCUT2D eigenvalue weighted by Gasteiger charge is -2.09. The molecule has 0 bridgehead atoms. The fourth-order valence-electron chi connectivity index (χ4n) is 1.01. The fourth-order valence-corrected chi connectivity index (χ4v) is 1.26. The number of aryl methyl sites for hydroxylation is 1. The summed E-state index contributed by atoms with van der Waals surface area (Å²) in [7, 11) is 0. The monoisotopic (exact) mass is 229 g/mol. The van der Waals surface area contributed by atoms with Crippen molar-refractivity contribution in [1.82, 2.24) is 0 Å². The molecule has 0 heterocycles. The lowest BCUT2D eigenvalue weighted by Crippen LogP contribution is -2.11. The normalized spacial score (nSPS) is 13.0.